The predicted octanol–water partition coefficient (Wildman–Crippen LogP) is 4.54. The Morgan fingerprint density at radius 2 is 1.50 bits per heavy atom. The third-order valence-corrected chi connectivity index (χ3v) is 5.33. The second-order valence-corrected chi connectivity index (χ2v) is 7.06. The molecule has 0 N–H and O–H groups in total. The van der Waals surface area contributed by atoms with Crippen LogP contribution in [0.4, 0.5) is 0 Å². The van der Waals surface area contributed by atoms with Crippen molar-refractivity contribution in [1.82, 2.24) is 4.73 Å². The van der Waals surface area contributed by atoms with Crippen LogP contribution in [-0.4, -0.2) is 24.9 Å². The van der Waals surface area contributed by atoms with Gasteiger partial charge in [-0.1, -0.05) is 0 Å². The highest BCUT2D eigenvalue weighted by Gasteiger charge is 2.16. The summed E-state index contributed by atoms with van der Waals surface area (Å²) in [6.07, 6.45) is 0. The molecule has 0 fully saturated rings. The van der Waals surface area contributed by atoms with E-state index in [1.807, 2.05) is 31.2 Å². The van der Waals surface area contributed by atoms with Crippen LogP contribution >= 0.6 is 23.6 Å². The fourth-order valence-electron chi connectivity index (χ4n) is 2.41. The van der Waals surface area contributed by atoms with Crippen LogP contribution in [0.15, 0.2) is 48.5 Å². The van der Waals surface area contributed by atoms with Crippen molar-refractivity contribution >= 4 is 29.5 Å². The number of nitrogens with zero attached hydrogens (tertiary/aromatic N) is 1. The molecular formula is C19H17NO4S2. The Kier molecular flexibility index (Phi) is 5.39. The van der Waals surface area contributed by atoms with Crippen molar-refractivity contribution in [1.29, 1.82) is 0 Å². The highest BCUT2D eigenvalue weighted by molar-refractivity contribution is 7.73. The number of methoxy groups -OCH3 is 2. The van der Waals surface area contributed by atoms with E-state index in [-0.39, 0.29) is 0 Å². The lowest BCUT2D eigenvalue weighted by Gasteiger charge is -2.08. The van der Waals surface area contributed by atoms with Gasteiger partial charge < -0.3 is 14.3 Å². The molecule has 0 aliphatic carbocycles. The number of thiazole rings is 1. The van der Waals surface area contributed by atoms with Crippen molar-refractivity contribution in [3.63, 3.8) is 0 Å². The Morgan fingerprint density at radius 1 is 0.962 bits per heavy atom. The standard InChI is InChI=1S/C19H17NO4S2/c1-12-17(13-4-8-15(22-2)9-5-13)26-19(25)20(12)24-18(21)14-6-10-16(23-3)11-7-14/h4-11H,1-3H3. The summed E-state index contributed by atoms with van der Waals surface area (Å²) in [4.78, 5) is 18.9. The molecule has 7 heteroatoms. The molecule has 0 spiro atoms. The Morgan fingerprint density at radius 3 is 2.04 bits per heavy atom. The van der Waals surface area contributed by atoms with Gasteiger partial charge in [-0.25, -0.2) is 4.79 Å². The van der Waals surface area contributed by atoms with E-state index in [4.69, 9.17) is 26.5 Å². The zero-order chi connectivity index (χ0) is 18.7. The molecule has 0 unspecified atom stereocenters. The number of benzene rings is 2. The van der Waals surface area contributed by atoms with E-state index in [0.717, 1.165) is 21.9 Å². The molecule has 0 radical (unpaired) electrons. The van der Waals surface area contributed by atoms with E-state index in [1.54, 1.807) is 38.5 Å². The van der Waals surface area contributed by atoms with Crippen molar-refractivity contribution in [3.8, 4) is 21.9 Å². The van der Waals surface area contributed by atoms with Gasteiger partial charge in [-0.05, 0) is 73.2 Å². The lowest BCUT2D eigenvalue weighted by molar-refractivity contribution is 0.0450. The normalized spacial score (nSPS) is 10.4. The summed E-state index contributed by atoms with van der Waals surface area (Å²) in [6.45, 7) is 1.87. The number of hydrogen-bond acceptors (Lipinski definition) is 6. The minimum atomic E-state index is -0.481. The maximum Gasteiger partial charge on any atom is 0.363 e. The quantitative estimate of drug-likeness (QED) is 0.602. The molecule has 3 rings (SSSR count). The maximum atomic E-state index is 12.4. The minimum Gasteiger partial charge on any atom is -0.497 e. The van der Waals surface area contributed by atoms with Gasteiger partial charge in [0.25, 0.3) is 0 Å². The smallest absolute Gasteiger partial charge is 0.363 e. The second kappa shape index (κ2) is 7.72. The van der Waals surface area contributed by atoms with Gasteiger partial charge in [0.15, 0.2) is 3.95 Å². The van der Waals surface area contributed by atoms with Crippen molar-refractivity contribution in [3.05, 3.63) is 63.7 Å². The molecule has 1 heterocycles. The first kappa shape index (κ1) is 18.2. The van der Waals surface area contributed by atoms with Gasteiger partial charge in [-0.3, -0.25) is 0 Å². The van der Waals surface area contributed by atoms with Gasteiger partial charge in [0.1, 0.15) is 11.5 Å². The van der Waals surface area contributed by atoms with Gasteiger partial charge in [-0.2, -0.15) is 4.73 Å². The number of ether oxygens (including phenoxy) is 2. The number of carbonyl (C=O) groups is 1. The molecule has 0 bridgehead atoms. The van der Waals surface area contributed by atoms with Gasteiger partial charge in [0.2, 0.25) is 0 Å². The van der Waals surface area contributed by atoms with E-state index in [9.17, 15) is 4.79 Å². The summed E-state index contributed by atoms with van der Waals surface area (Å²) >= 11 is 6.77. The zero-order valence-electron chi connectivity index (χ0n) is 14.5. The average Bonchev–Trinajstić information content (AvgIpc) is 2.96. The highest BCUT2D eigenvalue weighted by Crippen LogP contribution is 2.31. The summed E-state index contributed by atoms with van der Waals surface area (Å²) in [5.74, 6) is 0.970. The lowest BCUT2D eigenvalue weighted by Crippen LogP contribution is -2.20. The summed E-state index contributed by atoms with van der Waals surface area (Å²) in [5.41, 5.74) is 2.18. The number of hydrogen-bond donors (Lipinski definition) is 0. The van der Waals surface area contributed by atoms with Crippen LogP contribution in [0, 0.1) is 10.9 Å². The molecule has 0 aliphatic rings. The Bertz CT molecular complexity index is 972. The van der Waals surface area contributed by atoms with Crippen LogP contribution in [-0.2, 0) is 0 Å². The number of carbonyl (C=O) groups excluding carboxylic acids is 1. The van der Waals surface area contributed by atoms with E-state index in [2.05, 4.69) is 0 Å². The van der Waals surface area contributed by atoms with Crippen LogP contribution in [0.3, 0.4) is 0 Å². The molecule has 0 saturated heterocycles. The van der Waals surface area contributed by atoms with Gasteiger partial charge in [0, 0.05) is 0 Å². The summed E-state index contributed by atoms with van der Waals surface area (Å²) < 4.78 is 12.1. The van der Waals surface area contributed by atoms with E-state index in [0.29, 0.717) is 15.3 Å². The topological polar surface area (TPSA) is 49.7 Å². The largest absolute Gasteiger partial charge is 0.497 e. The molecule has 134 valence electrons. The Labute approximate surface area is 160 Å². The lowest BCUT2D eigenvalue weighted by atomic mass is 10.1. The van der Waals surface area contributed by atoms with Gasteiger partial charge in [-0.15, -0.1) is 11.3 Å². The third-order valence-electron chi connectivity index (χ3n) is 3.84. The number of rotatable bonds is 5. The summed E-state index contributed by atoms with van der Waals surface area (Å²) in [6, 6.07) is 14.4. The molecule has 1 aromatic heterocycles. The summed E-state index contributed by atoms with van der Waals surface area (Å²) in [7, 11) is 3.20. The zero-order valence-corrected chi connectivity index (χ0v) is 16.1. The van der Waals surface area contributed by atoms with Crippen molar-refractivity contribution in [2.75, 3.05) is 14.2 Å². The fraction of sp³-hybridized carbons (Fsp3) is 0.158. The number of aromatic nitrogens is 1. The van der Waals surface area contributed by atoms with Crippen molar-refractivity contribution in [2.45, 2.75) is 6.92 Å². The highest BCUT2D eigenvalue weighted by atomic mass is 32.1. The molecule has 0 amide bonds. The minimum absolute atomic E-state index is 0.421. The summed E-state index contributed by atoms with van der Waals surface area (Å²) in [5, 5.41) is 0. The first-order chi connectivity index (χ1) is 12.5. The SMILES string of the molecule is COc1ccc(C(=O)On2c(C)c(-c3ccc(OC)cc3)sc2=S)cc1. The molecule has 2 aromatic carbocycles. The van der Waals surface area contributed by atoms with E-state index < -0.39 is 5.97 Å². The molecule has 5 nitrogen and oxygen atoms in total. The maximum absolute atomic E-state index is 12.4. The first-order valence-electron chi connectivity index (χ1n) is 7.77. The third kappa shape index (κ3) is 3.63. The molecule has 0 aliphatic heterocycles. The molecule has 26 heavy (non-hydrogen) atoms. The van der Waals surface area contributed by atoms with Crippen LogP contribution in [0.1, 0.15) is 16.1 Å². The van der Waals surface area contributed by atoms with Gasteiger partial charge >= 0.3 is 5.97 Å². The monoisotopic (exact) mass is 387 g/mol. The van der Waals surface area contributed by atoms with Crippen LogP contribution < -0.4 is 14.3 Å². The Hall–Kier alpha value is -2.64. The molecule has 0 atom stereocenters. The fourth-order valence-corrected chi connectivity index (χ4v) is 3.75. The van der Waals surface area contributed by atoms with Crippen molar-refractivity contribution < 1.29 is 19.1 Å². The predicted molar refractivity (Wildman–Crippen MR) is 104 cm³/mol. The van der Waals surface area contributed by atoms with Crippen molar-refractivity contribution in [2.24, 2.45) is 0 Å². The van der Waals surface area contributed by atoms with Crippen LogP contribution in [0.25, 0.3) is 10.4 Å². The molecular weight excluding hydrogens is 370 g/mol. The first-order valence-corrected chi connectivity index (χ1v) is 8.99. The molecule has 3 aromatic rings. The molecule has 0 saturated carbocycles. The van der Waals surface area contributed by atoms with Gasteiger partial charge in [0.05, 0.1) is 30.4 Å². The average molecular weight is 387 g/mol. The Balaban J connectivity index is 1.87. The second-order valence-electron chi connectivity index (χ2n) is 5.41. The van der Waals surface area contributed by atoms with Crippen LogP contribution in [0.2, 0.25) is 0 Å². The van der Waals surface area contributed by atoms with E-state index in [1.165, 1.54) is 16.1 Å². The van der Waals surface area contributed by atoms with Crippen LogP contribution in [0.5, 0.6) is 11.5 Å². The van der Waals surface area contributed by atoms with E-state index >= 15 is 0 Å².